The standard InChI is InChI=1S/C17H21NO4/c1-10-7-14(21-6)11(9-13(10)20-5)8-12-15(19)22-16(18-12)17(2,3)4/h7-9H,1-6H3/b12-8+. The number of rotatable bonds is 3. The molecule has 0 saturated carbocycles. The summed E-state index contributed by atoms with van der Waals surface area (Å²) < 4.78 is 15.9. The predicted octanol–water partition coefficient (Wildman–Crippen LogP) is 3.35. The van der Waals surface area contributed by atoms with Crippen LogP contribution in [-0.4, -0.2) is 26.1 Å². The van der Waals surface area contributed by atoms with Gasteiger partial charge in [-0.1, -0.05) is 20.8 Å². The number of carbonyl (C=O) groups is 1. The minimum Gasteiger partial charge on any atom is -0.496 e. The third kappa shape index (κ3) is 3.13. The molecule has 0 fully saturated rings. The van der Waals surface area contributed by atoms with E-state index in [0.29, 0.717) is 11.6 Å². The minimum absolute atomic E-state index is 0.258. The van der Waals surface area contributed by atoms with Crippen LogP contribution in [-0.2, 0) is 9.53 Å². The number of aliphatic imine (C=N–C) groups is 1. The van der Waals surface area contributed by atoms with Crippen molar-refractivity contribution in [1.29, 1.82) is 0 Å². The number of ether oxygens (including phenoxy) is 3. The monoisotopic (exact) mass is 303 g/mol. The molecule has 1 heterocycles. The average Bonchev–Trinajstić information content (AvgIpc) is 2.81. The summed E-state index contributed by atoms with van der Waals surface area (Å²) in [7, 11) is 3.19. The summed E-state index contributed by atoms with van der Waals surface area (Å²) >= 11 is 0. The molecule has 0 saturated heterocycles. The molecule has 118 valence electrons. The number of hydrogen-bond donors (Lipinski definition) is 0. The molecule has 0 aliphatic carbocycles. The first-order valence-electron chi connectivity index (χ1n) is 7.02. The van der Waals surface area contributed by atoms with Gasteiger partial charge in [-0.3, -0.25) is 0 Å². The topological polar surface area (TPSA) is 57.1 Å². The number of aryl methyl sites for hydroxylation is 1. The zero-order chi connectivity index (χ0) is 16.5. The molecule has 1 aliphatic rings. The van der Waals surface area contributed by atoms with Gasteiger partial charge in [-0.25, -0.2) is 9.79 Å². The lowest BCUT2D eigenvalue weighted by Gasteiger charge is -2.15. The maximum Gasteiger partial charge on any atom is 0.363 e. The van der Waals surface area contributed by atoms with Crippen molar-refractivity contribution in [2.45, 2.75) is 27.7 Å². The fourth-order valence-corrected chi connectivity index (χ4v) is 2.06. The smallest absolute Gasteiger partial charge is 0.363 e. The Morgan fingerprint density at radius 3 is 2.27 bits per heavy atom. The first kappa shape index (κ1) is 16.1. The summed E-state index contributed by atoms with van der Waals surface area (Å²) in [5.41, 5.74) is 1.61. The zero-order valence-electron chi connectivity index (χ0n) is 13.8. The van der Waals surface area contributed by atoms with E-state index in [9.17, 15) is 4.79 Å². The Morgan fingerprint density at radius 1 is 1.14 bits per heavy atom. The van der Waals surface area contributed by atoms with Gasteiger partial charge in [-0.2, -0.15) is 0 Å². The fraction of sp³-hybridized carbons (Fsp3) is 0.412. The highest BCUT2D eigenvalue weighted by atomic mass is 16.6. The molecule has 22 heavy (non-hydrogen) atoms. The average molecular weight is 303 g/mol. The van der Waals surface area contributed by atoms with E-state index >= 15 is 0 Å². The van der Waals surface area contributed by atoms with Gasteiger partial charge in [0.25, 0.3) is 0 Å². The molecule has 0 atom stereocenters. The molecule has 0 aromatic heterocycles. The van der Waals surface area contributed by atoms with E-state index in [4.69, 9.17) is 14.2 Å². The Hall–Kier alpha value is -2.30. The predicted molar refractivity (Wildman–Crippen MR) is 85.2 cm³/mol. The van der Waals surface area contributed by atoms with Crippen LogP contribution in [0.15, 0.2) is 22.8 Å². The van der Waals surface area contributed by atoms with Gasteiger partial charge in [0.15, 0.2) is 5.70 Å². The summed E-state index contributed by atoms with van der Waals surface area (Å²) in [5, 5.41) is 0. The van der Waals surface area contributed by atoms with E-state index in [0.717, 1.165) is 16.9 Å². The van der Waals surface area contributed by atoms with E-state index in [1.807, 2.05) is 39.8 Å². The Bertz CT molecular complexity index is 666. The van der Waals surface area contributed by atoms with Crippen molar-refractivity contribution in [3.8, 4) is 11.5 Å². The van der Waals surface area contributed by atoms with Crippen molar-refractivity contribution in [2.75, 3.05) is 14.2 Å². The second-order valence-corrected chi connectivity index (χ2v) is 6.15. The van der Waals surface area contributed by atoms with Gasteiger partial charge < -0.3 is 14.2 Å². The van der Waals surface area contributed by atoms with Gasteiger partial charge in [0.1, 0.15) is 11.5 Å². The van der Waals surface area contributed by atoms with Crippen LogP contribution < -0.4 is 9.47 Å². The number of cyclic esters (lactones) is 1. The largest absolute Gasteiger partial charge is 0.496 e. The lowest BCUT2D eigenvalue weighted by molar-refractivity contribution is -0.130. The van der Waals surface area contributed by atoms with Crippen LogP contribution >= 0.6 is 0 Å². The normalized spacial score (nSPS) is 16.5. The summed E-state index contributed by atoms with van der Waals surface area (Å²) in [6.45, 7) is 7.75. The highest BCUT2D eigenvalue weighted by Gasteiger charge is 2.31. The Morgan fingerprint density at radius 2 is 1.77 bits per heavy atom. The van der Waals surface area contributed by atoms with Crippen LogP contribution in [0.3, 0.4) is 0 Å². The molecule has 5 heteroatoms. The highest BCUT2D eigenvalue weighted by molar-refractivity contribution is 6.08. The molecule has 0 N–H and O–H groups in total. The van der Waals surface area contributed by atoms with Crippen LogP contribution in [0, 0.1) is 12.3 Å². The van der Waals surface area contributed by atoms with E-state index in [1.165, 1.54) is 0 Å². The molecule has 2 rings (SSSR count). The number of methoxy groups -OCH3 is 2. The quantitative estimate of drug-likeness (QED) is 0.634. The van der Waals surface area contributed by atoms with Gasteiger partial charge in [0, 0.05) is 11.0 Å². The maximum absolute atomic E-state index is 12.0. The molecule has 0 spiro atoms. The van der Waals surface area contributed by atoms with Crippen LogP contribution in [0.2, 0.25) is 0 Å². The van der Waals surface area contributed by atoms with Crippen LogP contribution in [0.1, 0.15) is 31.9 Å². The number of esters is 1. The lowest BCUT2D eigenvalue weighted by Crippen LogP contribution is -2.21. The van der Waals surface area contributed by atoms with Crippen LogP contribution in [0.25, 0.3) is 6.08 Å². The molecule has 1 aromatic rings. The summed E-state index contributed by atoms with van der Waals surface area (Å²) in [5.74, 6) is 1.34. The second kappa shape index (κ2) is 5.83. The fourth-order valence-electron chi connectivity index (χ4n) is 2.06. The van der Waals surface area contributed by atoms with E-state index in [2.05, 4.69) is 4.99 Å². The second-order valence-electron chi connectivity index (χ2n) is 6.15. The molecule has 1 aromatic carbocycles. The van der Waals surface area contributed by atoms with Gasteiger partial charge in [-0.15, -0.1) is 0 Å². The highest BCUT2D eigenvalue weighted by Crippen LogP contribution is 2.32. The van der Waals surface area contributed by atoms with Gasteiger partial charge in [0.05, 0.1) is 14.2 Å². The van der Waals surface area contributed by atoms with Crippen LogP contribution in [0.5, 0.6) is 11.5 Å². The van der Waals surface area contributed by atoms with Crippen LogP contribution in [0.4, 0.5) is 0 Å². The van der Waals surface area contributed by atoms with Crippen molar-refractivity contribution in [1.82, 2.24) is 0 Å². The Balaban J connectivity index is 2.49. The molecule has 0 radical (unpaired) electrons. The van der Waals surface area contributed by atoms with E-state index in [1.54, 1.807) is 20.3 Å². The van der Waals surface area contributed by atoms with Crippen molar-refractivity contribution in [3.63, 3.8) is 0 Å². The Kier molecular flexibility index (Phi) is 4.26. The van der Waals surface area contributed by atoms with Gasteiger partial charge in [0.2, 0.25) is 5.90 Å². The summed E-state index contributed by atoms with van der Waals surface area (Å²) in [4.78, 5) is 16.3. The van der Waals surface area contributed by atoms with Gasteiger partial charge >= 0.3 is 5.97 Å². The number of nitrogens with zero attached hydrogens (tertiary/aromatic N) is 1. The molecule has 0 amide bonds. The summed E-state index contributed by atoms with van der Waals surface area (Å²) in [6.07, 6.45) is 1.65. The summed E-state index contributed by atoms with van der Waals surface area (Å²) in [6, 6.07) is 3.68. The number of carbonyl (C=O) groups excluding carboxylic acids is 1. The molecule has 5 nitrogen and oxygen atoms in total. The molecule has 0 unspecified atom stereocenters. The van der Waals surface area contributed by atoms with Crippen molar-refractivity contribution in [3.05, 3.63) is 29.0 Å². The minimum atomic E-state index is -0.452. The third-order valence-corrected chi connectivity index (χ3v) is 3.30. The van der Waals surface area contributed by atoms with E-state index < -0.39 is 5.97 Å². The number of hydrogen-bond acceptors (Lipinski definition) is 5. The van der Waals surface area contributed by atoms with Crippen molar-refractivity contribution < 1.29 is 19.0 Å². The Labute approximate surface area is 130 Å². The van der Waals surface area contributed by atoms with E-state index in [-0.39, 0.29) is 11.1 Å². The first-order valence-corrected chi connectivity index (χ1v) is 7.02. The van der Waals surface area contributed by atoms with Crippen molar-refractivity contribution >= 4 is 17.9 Å². The third-order valence-electron chi connectivity index (χ3n) is 3.30. The SMILES string of the molecule is COc1cc(/C=C2/N=C(C(C)(C)C)OC2=O)c(OC)cc1C. The zero-order valence-corrected chi connectivity index (χ0v) is 13.8. The molecule has 0 bridgehead atoms. The first-order chi connectivity index (χ1) is 10.3. The molecular formula is C17H21NO4. The molecule has 1 aliphatic heterocycles. The number of benzene rings is 1. The maximum atomic E-state index is 12.0. The molecular weight excluding hydrogens is 282 g/mol. The lowest BCUT2D eigenvalue weighted by atomic mass is 9.97. The van der Waals surface area contributed by atoms with Gasteiger partial charge in [-0.05, 0) is 30.7 Å². The van der Waals surface area contributed by atoms with Crippen molar-refractivity contribution in [2.24, 2.45) is 10.4 Å².